The second-order valence-electron chi connectivity index (χ2n) is 7.47. The first kappa shape index (κ1) is 22.5. The van der Waals surface area contributed by atoms with Crippen LogP contribution in [0.2, 0.25) is 0 Å². The Kier molecular flexibility index (Phi) is 6.38. The molecule has 0 spiro atoms. The maximum Gasteiger partial charge on any atom is 0.260 e. The van der Waals surface area contributed by atoms with Gasteiger partial charge >= 0.3 is 0 Å². The van der Waals surface area contributed by atoms with Crippen LogP contribution >= 0.6 is 11.3 Å². The number of thiazole rings is 1. The molecular weight excluding hydrogens is 453 g/mol. The molecule has 32 heavy (non-hydrogen) atoms. The first-order valence-corrected chi connectivity index (χ1v) is 12.3. The number of hydrogen-bond acceptors (Lipinski definition) is 6. The molecule has 0 saturated carbocycles. The van der Waals surface area contributed by atoms with Gasteiger partial charge in [-0.1, -0.05) is 23.8 Å². The van der Waals surface area contributed by atoms with Gasteiger partial charge in [-0.2, -0.15) is 4.31 Å². The third-order valence-electron chi connectivity index (χ3n) is 5.17. The summed E-state index contributed by atoms with van der Waals surface area (Å²) in [6, 6.07) is 9.21. The van der Waals surface area contributed by atoms with Gasteiger partial charge in [-0.25, -0.2) is 17.8 Å². The number of sulfonamides is 1. The third-order valence-corrected chi connectivity index (χ3v) is 7.83. The number of carbonyl (C=O) groups excluding carboxylic acids is 1. The zero-order valence-corrected chi connectivity index (χ0v) is 19.2. The molecule has 1 amide bonds. The summed E-state index contributed by atoms with van der Waals surface area (Å²) in [5.74, 6) is -1.57. The SMILES string of the molecule is Cc1ccc(-c2csc(NC(=O)c3cc(S(=O)(=O)N4CCOCC4)ccc3F)n2)c(C)c1. The molecule has 1 N–H and O–H groups in total. The van der Waals surface area contributed by atoms with E-state index in [0.717, 1.165) is 28.8 Å². The van der Waals surface area contributed by atoms with Gasteiger partial charge in [0.25, 0.3) is 5.91 Å². The molecule has 0 atom stereocenters. The van der Waals surface area contributed by atoms with Crippen molar-refractivity contribution in [3.8, 4) is 11.3 Å². The molecule has 10 heteroatoms. The van der Waals surface area contributed by atoms with Crippen molar-refractivity contribution in [2.75, 3.05) is 31.6 Å². The Morgan fingerprint density at radius 2 is 1.91 bits per heavy atom. The molecule has 0 unspecified atom stereocenters. The predicted molar refractivity (Wildman–Crippen MR) is 121 cm³/mol. The summed E-state index contributed by atoms with van der Waals surface area (Å²) in [7, 11) is -3.85. The van der Waals surface area contributed by atoms with E-state index in [1.54, 1.807) is 0 Å². The molecule has 1 saturated heterocycles. The Morgan fingerprint density at radius 3 is 2.62 bits per heavy atom. The summed E-state index contributed by atoms with van der Waals surface area (Å²) in [6.45, 7) is 4.99. The van der Waals surface area contributed by atoms with Crippen LogP contribution in [0.3, 0.4) is 0 Å². The molecule has 0 bridgehead atoms. The molecule has 0 aliphatic carbocycles. The minimum absolute atomic E-state index is 0.138. The Hall–Kier alpha value is -2.66. The zero-order chi connectivity index (χ0) is 22.9. The minimum Gasteiger partial charge on any atom is -0.379 e. The summed E-state index contributed by atoms with van der Waals surface area (Å²) >= 11 is 1.21. The number of rotatable bonds is 5. The van der Waals surface area contributed by atoms with Crippen molar-refractivity contribution < 1.29 is 22.3 Å². The second-order valence-corrected chi connectivity index (χ2v) is 10.3. The van der Waals surface area contributed by atoms with Crippen LogP contribution in [0.15, 0.2) is 46.7 Å². The average molecular weight is 476 g/mol. The van der Waals surface area contributed by atoms with Crippen LogP contribution < -0.4 is 5.32 Å². The summed E-state index contributed by atoms with van der Waals surface area (Å²) in [5.41, 5.74) is 3.48. The number of morpholine rings is 1. The Morgan fingerprint density at radius 1 is 1.16 bits per heavy atom. The molecule has 7 nitrogen and oxygen atoms in total. The van der Waals surface area contributed by atoms with Gasteiger partial charge in [-0.05, 0) is 37.6 Å². The second kappa shape index (κ2) is 9.07. The zero-order valence-electron chi connectivity index (χ0n) is 17.6. The molecular formula is C22H22FN3O4S2. The molecule has 1 aromatic heterocycles. The summed E-state index contributed by atoms with van der Waals surface area (Å²) in [6.07, 6.45) is 0. The number of halogens is 1. The van der Waals surface area contributed by atoms with Crippen molar-refractivity contribution in [2.24, 2.45) is 0 Å². The van der Waals surface area contributed by atoms with E-state index in [1.807, 2.05) is 37.4 Å². The van der Waals surface area contributed by atoms with Crippen LogP contribution in [0.5, 0.6) is 0 Å². The van der Waals surface area contributed by atoms with E-state index in [1.165, 1.54) is 21.7 Å². The van der Waals surface area contributed by atoms with E-state index in [9.17, 15) is 17.6 Å². The number of amides is 1. The van der Waals surface area contributed by atoms with Crippen LogP contribution in [0, 0.1) is 19.7 Å². The van der Waals surface area contributed by atoms with E-state index in [4.69, 9.17) is 4.74 Å². The van der Waals surface area contributed by atoms with E-state index in [0.29, 0.717) is 24.0 Å². The van der Waals surface area contributed by atoms with Crippen LogP contribution in [0.4, 0.5) is 9.52 Å². The molecule has 0 radical (unpaired) electrons. The number of carbonyl (C=O) groups is 1. The van der Waals surface area contributed by atoms with Gasteiger partial charge in [0.1, 0.15) is 5.82 Å². The fraction of sp³-hybridized carbons (Fsp3) is 0.273. The lowest BCUT2D eigenvalue weighted by Crippen LogP contribution is -2.40. The van der Waals surface area contributed by atoms with Crippen LogP contribution in [-0.4, -0.2) is 49.9 Å². The number of nitrogens with one attached hydrogen (secondary N) is 1. The number of aromatic nitrogens is 1. The van der Waals surface area contributed by atoms with Gasteiger partial charge in [0, 0.05) is 24.0 Å². The summed E-state index contributed by atoms with van der Waals surface area (Å²) in [5, 5.41) is 4.68. The van der Waals surface area contributed by atoms with Gasteiger partial charge in [0.05, 0.1) is 29.4 Å². The largest absolute Gasteiger partial charge is 0.379 e. The monoisotopic (exact) mass is 475 g/mol. The number of anilines is 1. The highest BCUT2D eigenvalue weighted by Gasteiger charge is 2.28. The molecule has 4 rings (SSSR count). The highest BCUT2D eigenvalue weighted by Crippen LogP contribution is 2.29. The summed E-state index contributed by atoms with van der Waals surface area (Å²) < 4.78 is 46.6. The van der Waals surface area contributed by atoms with Gasteiger partial charge in [-0.3, -0.25) is 10.1 Å². The smallest absolute Gasteiger partial charge is 0.260 e. The predicted octanol–water partition coefficient (Wildman–Crippen LogP) is 3.84. The fourth-order valence-electron chi connectivity index (χ4n) is 3.50. The number of nitrogens with zero attached hydrogens (tertiary/aromatic N) is 2. The van der Waals surface area contributed by atoms with E-state index >= 15 is 0 Å². The topological polar surface area (TPSA) is 88.6 Å². The highest BCUT2D eigenvalue weighted by molar-refractivity contribution is 7.89. The Labute approximate surface area is 189 Å². The van der Waals surface area contributed by atoms with Crippen LogP contribution in [-0.2, 0) is 14.8 Å². The lowest BCUT2D eigenvalue weighted by molar-refractivity contribution is 0.0730. The standard InChI is InChI=1S/C22H22FN3O4S2/c1-14-3-5-17(15(2)11-14)20-13-31-22(24-20)25-21(27)18-12-16(4-6-19(18)23)32(28,29)26-7-9-30-10-8-26/h3-6,11-13H,7-10H2,1-2H3,(H,24,25,27). The Balaban J connectivity index is 1.56. The lowest BCUT2D eigenvalue weighted by atomic mass is 10.0. The maximum atomic E-state index is 14.4. The normalized spacial score (nSPS) is 15.0. The number of hydrogen-bond donors (Lipinski definition) is 1. The Bertz CT molecular complexity index is 1270. The summed E-state index contributed by atoms with van der Waals surface area (Å²) in [4.78, 5) is 17.0. The van der Waals surface area contributed by atoms with E-state index < -0.39 is 21.7 Å². The van der Waals surface area contributed by atoms with Crippen molar-refractivity contribution >= 4 is 32.4 Å². The van der Waals surface area contributed by atoms with Gasteiger partial charge in [0.2, 0.25) is 10.0 Å². The molecule has 1 aliphatic rings. The highest BCUT2D eigenvalue weighted by atomic mass is 32.2. The van der Waals surface area contributed by atoms with Crippen molar-refractivity contribution in [3.63, 3.8) is 0 Å². The van der Waals surface area contributed by atoms with Crippen molar-refractivity contribution in [1.82, 2.24) is 9.29 Å². The molecule has 2 heterocycles. The van der Waals surface area contributed by atoms with Crippen molar-refractivity contribution in [1.29, 1.82) is 0 Å². The van der Waals surface area contributed by atoms with Crippen LogP contribution in [0.1, 0.15) is 21.5 Å². The van der Waals surface area contributed by atoms with Crippen molar-refractivity contribution in [2.45, 2.75) is 18.7 Å². The molecule has 2 aromatic carbocycles. The number of benzene rings is 2. The molecule has 168 valence electrons. The van der Waals surface area contributed by atoms with Crippen LogP contribution in [0.25, 0.3) is 11.3 Å². The molecule has 1 aliphatic heterocycles. The van der Waals surface area contributed by atoms with E-state index in [-0.39, 0.29) is 23.5 Å². The quantitative estimate of drug-likeness (QED) is 0.606. The molecule has 1 fully saturated rings. The van der Waals surface area contributed by atoms with E-state index in [2.05, 4.69) is 10.3 Å². The van der Waals surface area contributed by atoms with Gasteiger partial charge < -0.3 is 4.74 Å². The fourth-order valence-corrected chi connectivity index (χ4v) is 5.64. The van der Waals surface area contributed by atoms with Gasteiger partial charge in [0.15, 0.2) is 5.13 Å². The third kappa shape index (κ3) is 4.58. The number of ether oxygens (including phenoxy) is 1. The average Bonchev–Trinajstić information content (AvgIpc) is 3.22. The first-order chi connectivity index (χ1) is 15.3. The maximum absolute atomic E-state index is 14.4. The first-order valence-electron chi connectivity index (χ1n) is 9.97. The number of aryl methyl sites for hydroxylation is 2. The molecule has 3 aromatic rings. The van der Waals surface area contributed by atoms with Crippen molar-refractivity contribution in [3.05, 3.63) is 64.3 Å². The lowest BCUT2D eigenvalue weighted by Gasteiger charge is -2.26. The van der Waals surface area contributed by atoms with Gasteiger partial charge in [-0.15, -0.1) is 11.3 Å². The minimum atomic E-state index is -3.85.